The fourth-order valence-electron chi connectivity index (χ4n) is 2.63. The highest BCUT2D eigenvalue weighted by atomic mass is 15.2. The topological polar surface area (TPSA) is 50.5 Å². The SMILES string of the molecule is c1cncc(C2=NN=C(c3cccnc3)[C@@H]3C[C@H]23)c1. The van der Waals surface area contributed by atoms with Crippen LogP contribution in [0.4, 0.5) is 0 Å². The van der Waals surface area contributed by atoms with Crippen LogP contribution in [0, 0.1) is 11.8 Å². The standard InChI is InChI=1S/C15H12N4/c1-3-10(8-16-5-1)14-12-7-13(12)15(19-18-14)11-4-2-6-17-9-11/h1-6,8-9,12-13H,7H2/t12-,13+. The van der Waals surface area contributed by atoms with Gasteiger partial charge in [-0.05, 0) is 30.7 Å². The average Bonchev–Trinajstić information content (AvgIpc) is 3.28. The van der Waals surface area contributed by atoms with Gasteiger partial charge >= 0.3 is 0 Å². The Balaban J connectivity index is 1.73. The molecule has 0 N–H and O–H groups in total. The molecule has 2 aromatic heterocycles. The van der Waals surface area contributed by atoms with E-state index in [2.05, 4.69) is 20.2 Å². The summed E-state index contributed by atoms with van der Waals surface area (Å²) in [5, 5.41) is 8.83. The molecule has 1 aliphatic carbocycles. The molecule has 0 unspecified atom stereocenters. The van der Waals surface area contributed by atoms with Crippen molar-refractivity contribution in [2.24, 2.45) is 22.0 Å². The third-order valence-electron chi connectivity index (χ3n) is 3.67. The van der Waals surface area contributed by atoms with Crippen molar-refractivity contribution < 1.29 is 0 Å². The smallest absolute Gasteiger partial charge is 0.0756 e. The fraction of sp³-hybridized carbons (Fsp3) is 0.200. The van der Waals surface area contributed by atoms with Crippen LogP contribution in [0.1, 0.15) is 17.5 Å². The van der Waals surface area contributed by atoms with Crippen molar-refractivity contribution in [3.05, 3.63) is 60.2 Å². The van der Waals surface area contributed by atoms with Gasteiger partial charge in [0.15, 0.2) is 0 Å². The van der Waals surface area contributed by atoms with Crippen molar-refractivity contribution in [3.63, 3.8) is 0 Å². The van der Waals surface area contributed by atoms with Gasteiger partial charge in [0.2, 0.25) is 0 Å². The van der Waals surface area contributed by atoms with E-state index in [1.807, 2.05) is 36.7 Å². The summed E-state index contributed by atoms with van der Waals surface area (Å²) < 4.78 is 0. The van der Waals surface area contributed by atoms with Gasteiger partial charge in [-0.25, -0.2) is 0 Å². The Morgan fingerprint density at radius 1 is 0.789 bits per heavy atom. The van der Waals surface area contributed by atoms with E-state index in [0.717, 1.165) is 29.0 Å². The van der Waals surface area contributed by atoms with Gasteiger partial charge in [-0.3, -0.25) is 9.97 Å². The van der Waals surface area contributed by atoms with Crippen LogP contribution < -0.4 is 0 Å². The summed E-state index contributed by atoms with van der Waals surface area (Å²) in [6.45, 7) is 0. The zero-order valence-electron chi connectivity index (χ0n) is 10.3. The molecule has 0 saturated heterocycles. The molecule has 3 heterocycles. The Morgan fingerprint density at radius 2 is 1.32 bits per heavy atom. The van der Waals surface area contributed by atoms with E-state index in [4.69, 9.17) is 0 Å². The summed E-state index contributed by atoms with van der Waals surface area (Å²) in [6.07, 6.45) is 8.41. The normalized spacial score (nSPS) is 24.2. The second kappa shape index (κ2) is 4.09. The predicted octanol–water partition coefficient (Wildman–Crippen LogP) is 2.32. The number of nitrogens with zero attached hydrogens (tertiary/aromatic N) is 4. The highest BCUT2D eigenvalue weighted by Crippen LogP contribution is 2.46. The van der Waals surface area contributed by atoms with Crippen LogP contribution in [0.25, 0.3) is 0 Å². The highest BCUT2D eigenvalue weighted by Gasteiger charge is 2.47. The lowest BCUT2D eigenvalue weighted by molar-refractivity contribution is 0.995. The first-order valence-corrected chi connectivity index (χ1v) is 6.40. The molecule has 0 spiro atoms. The van der Waals surface area contributed by atoms with Crippen molar-refractivity contribution in [1.82, 2.24) is 9.97 Å². The first-order valence-electron chi connectivity index (χ1n) is 6.40. The first kappa shape index (κ1) is 10.6. The Labute approximate surface area is 111 Å². The van der Waals surface area contributed by atoms with Crippen LogP contribution >= 0.6 is 0 Å². The number of fused-ring (bicyclic) bond motifs is 1. The van der Waals surface area contributed by atoms with Gasteiger partial charge in [0, 0.05) is 47.8 Å². The monoisotopic (exact) mass is 248 g/mol. The zero-order valence-corrected chi connectivity index (χ0v) is 10.3. The maximum absolute atomic E-state index is 4.42. The second-order valence-electron chi connectivity index (χ2n) is 4.90. The summed E-state index contributed by atoms with van der Waals surface area (Å²) in [5.74, 6) is 0.994. The molecular formula is C15H12N4. The number of rotatable bonds is 2. The fourth-order valence-corrected chi connectivity index (χ4v) is 2.63. The number of pyridine rings is 2. The molecule has 0 radical (unpaired) electrons. The average molecular weight is 248 g/mol. The molecule has 4 heteroatoms. The molecule has 0 bridgehead atoms. The maximum atomic E-state index is 4.42. The molecule has 1 saturated carbocycles. The van der Waals surface area contributed by atoms with Crippen LogP contribution in [0.15, 0.2) is 59.3 Å². The molecule has 19 heavy (non-hydrogen) atoms. The van der Waals surface area contributed by atoms with Crippen LogP contribution in [0.2, 0.25) is 0 Å². The lowest BCUT2D eigenvalue weighted by atomic mass is 10.0. The number of hydrogen-bond donors (Lipinski definition) is 0. The van der Waals surface area contributed by atoms with Crippen molar-refractivity contribution >= 4 is 11.4 Å². The third-order valence-corrected chi connectivity index (χ3v) is 3.67. The highest BCUT2D eigenvalue weighted by molar-refractivity contribution is 6.14. The largest absolute Gasteiger partial charge is 0.264 e. The number of aromatic nitrogens is 2. The van der Waals surface area contributed by atoms with Crippen LogP contribution in [0.3, 0.4) is 0 Å². The van der Waals surface area contributed by atoms with Gasteiger partial charge in [-0.1, -0.05) is 0 Å². The summed E-state index contributed by atoms with van der Waals surface area (Å²) >= 11 is 0. The van der Waals surface area contributed by atoms with Crippen molar-refractivity contribution in [2.45, 2.75) is 6.42 Å². The molecule has 2 aliphatic rings. The van der Waals surface area contributed by atoms with Gasteiger partial charge in [-0.2, -0.15) is 10.2 Å². The lowest BCUT2D eigenvalue weighted by Crippen LogP contribution is -2.15. The summed E-state index contributed by atoms with van der Waals surface area (Å²) in [4.78, 5) is 8.30. The molecule has 2 aromatic rings. The van der Waals surface area contributed by atoms with E-state index in [1.165, 1.54) is 0 Å². The van der Waals surface area contributed by atoms with E-state index >= 15 is 0 Å². The van der Waals surface area contributed by atoms with Gasteiger partial charge in [-0.15, -0.1) is 0 Å². The summed E-state index contributed by atoms with van der Waals surface area (Å²) in [6, 6.07) is 7.97. The van der Waals surface area contributed by atoms with E-state index in [9.17, 15) is 0 Å². The molecule has 0 aromatic carbocycles. The Hall–Kier alpha value is -2.36. The lowest BCUT2D eigenvalue weighted by Gasteiger charge is -2.11. The van der Waals surface area contributed by atoms with Crippen molar-refractivity contribution in [1.29, 1.82) is 0 Å². The number of hydrogen-bond acceptors (Lipinski definition) is 4. The van der Waals surface area contributed by atoms with Crippen molar-refractivity contribution in [2.75, 3.05) is 0 Å². The van der Waals surface area contributed by atoms with E-state index < -0.39 is 0 Å². The minimum Gasteiger partial charge on any atom is -0.264 e. The summed E-state index contributed by atoms with van der Waals surface area (Å²) in [5.41, 5.74) is 4.32. The second-order valence-corrected chi connectivity index (χ2v) is 4.90. The van der Waals surface area contributed by atoms with Crippen molar-refractivity contribution in [3.8, 4) is 0 Å². The molecule has 4 nitrogen and oxygen atoms in total. The molecule has 1 aliphatic heterocycles. The maximum Gasteiger partial charge on any atom is 0.0756 e. The quantitative estimate of drug-likeness (QED) is 0.819. The first-order chi connectivity index (χ1) is 9.43. The Morgan fingerprint density at radius 3 is 1.74 bits per heavy atom. The minimum absolute atomic E-state index is 0.497. The van der Waals surface area contributed by atoms with Gasteiger partial charge in [0.1, 0.15) is 0 Å². The molecule has 0 amide bonds. The van der Waals surface area contributed by atoms with Crippen LogP contribution in [0.5, 0.6) is 0 Å². The molecular weight excluding hydrogens is 236 g/mol. The summed E-state index contributed by atoms with van der Waals surface area (Å²) in [7, 11) is 0. The third kappa shape index (κ3) is 1.76. The predicted molar refractivity (Wildman–Crippen MR) is 73.1 cm³/mol. The van der Waals surface area contributed by atoms with E-state index in [0.29, 0.717) is 11.8 Å². The zero-order chi connectivity index (χ0) is 12.7. The molecule has 92 valence electrons. The Bertz CT molecular complexity index is 602. The van der Waals surface area contributed by atoms with Gasteiger partial charge < -0.3 is 0 Å². The van der Waals surface area contributed by atoms with Crippen LogP contribution in [-0.4, -0.2) is 21.4 Å². The van der Waals surface area contributed by atoms with E-state index in [1.54, 1.807) is 12.4 Å². The molecule has 2 atom stereocenters. The molecule has 1 fully saturated rings. The van der Waals surface area contributed by atoms with Gasteiger partial charge in [0.05, 0.1) is 11.4 Å². The van der Waals surface area contributed by atoms with Crippen LogP contribution in [-0.2, 0) is 0 Å². The van der Waals surface area contributed by atoms with Gasteiger partial charge in [0.25, 0.3) is 0 Å². The Kier molecular flexibility index (Phi) is 2.27. The van der Waals surface area contributed by atoms with E-state index in [-0.39, 0.29) is 0 Å². The minimum atomic E-state index is 0.497. The molecule has 4 rings (SSSR count).